The molecule has 2 aromatic rings. The first-order chi connectivity index (χ1) is 12.4. The molecule has 1 unspecified atom stereocenters. The van der Waals surface area contributed by atoms with E-state index in [1.807, 2.05) is 37.3 Å². The van der Waals surface area contributed by atoms with Crippen LogP contribution >= 0.6 is 0 Å². The molecule has 0 aromatic heterocycles. The van der Waals surface area contributed by atoms with Gasteiger partial charge in [-0.1, -0.05) is 58.0 Å². The molecular weight excluding hydrogens is 358 g/mol. The molecule has 0 saturated carbocycles. The van der Waals surface area contributed by atoms with Gasteiger partial charge in [-0.2, -0.15) is 8.42 Å². The molecule has 8 nitrogen and oxygen atoms in total. The number of oxime groups is 1. The zero-order valence-electron chi connectivity index (χ0n) is 14.0. The van der Waals surface area contributed by atoms with Crippen LogP contribution in [0.5, 0.6) is 0 Å². The van der Waals surface area contributed by atoms with Gasteiger partial charge in [0.2, 0.25) is 11.8 Å². The molecule has 0 spiro atoms. The molecule has 0 N–H and O–H groups in total. The number of rotatable bonds is 6. The minimum absolute atomic E-state index is 0.0768. The molecule has 2 aromatic carbocycles. The van der Waals surface area contributed by atoms with Crippen molar-refractivity contribution in [1.82, 2.24) is 0 Å². The van der Waals surface area contributed by atoms with Crippen LogP contribution in [0.15, 0.2) is 69.9 Å². The van der Waals surface area contributed by atoms with Gasteiger partial charge < -0.3 is 10.0 Å². The molecule has 0 radical (unpaired) electrons. The first-order valence-corrected chi connectivity index (χ1v) is 9.29. The Morgan fingerprint density at radius 2 is 1.92 bits per heavy atom. The lowest BCUT2D eigenvalue weighted by atomic mass is 10.1. The van der Waals surface area contributed by atoms with Crippen molar-refractivity contribution in [2.75, 3.05) is 6.54 Å². The smallest absolute Gasteiger partial charge is 0.363 e. The highest BCUT2D eigenvalue weighted by atomic mass is 32.2. The van der Waals surface area contributed by atoms with Gasteiger partial charge in [0.25, 0.3) is 0 Å². The van der Waals surface area contributed by atoms with Crippen molar-refractivity contribution < 1.29 is 22.4 Å². The second kappa shape index (κ2) is 7.52. The summed E-state index contributed by atoms with van der Waals surface area (Å²) in [5.41, 5.74) is 2.53. The third-order valence-electron chi connectivity index (χ3n) is 3.73. The molecule has 3 rings (SSSR count). The molecule has 0 saturated heterocycles. The van der Waals surface area contributed by atoms with Crippen LogP contribution in [0.25, 0.3) is 0 Å². The normalized spacial score (nSPS) is 17.5. The van der Waals surface area contributed by atoms with Gasteiger partial charge >= 0.3 is 10.1 Å². The van der Waals surface area contributed by atoms with E-state index >= 15 is 0 Å². The van der Waals surface area contributed by atoms with E-state index < -0.39 is 16.2 Å². The maximum absolute atomic E-state index is 12.0. The van der Waals surface area contributed by atoms with Gasteiger partial charge in [-0.15, -0.1) is 0 Å². The van der Waals surface area contributed by atoms with Gasteiger partial charge in [-0.3, -0.25) is 0 Å². The van der Waals surface area contributed by atoms with E-state index in [9.17, 15) is 13.6 Å². The van der Waals surface area contributed by atoms with Crippen LogP contribution in [0.3, 0.4) is 0 Å². The van der Waals surface area contributed by atoms with Crippen molar-refractivity contribution in [1.29, 1.82) is 0 Å². The van der Waals surface area contributed by atoms with E-state index in [1.54, 1.807) is 12.1 Å². The number of benzene rings is 2. The Morgan fingerprint density at radius 3 is 2.62 bits per heavy atom. The Morgan fingerprint density at radius 1 is 1.23 bits per heavy atom. The van der Waals surface area contributed by atoms with Crippen molar-refractivity contribution in [3.8, 4) is 0 Å². The minimum atomic E-state index is -4.14. The van der Waals surface area contributed by atoms with Crippen LogP contribution in [-0.4, -0.2) is 31.6 Å². The summed E-state index contributed by atoms with van der Waals surface area (Å²) < 4.78 is 28.4. The van der Waals surface area contributed by atoms with Gasteiger partial charge in [0.05, 0.1) is 5.71 Å². The van der Waals surface area contributed by atoms with Gasteiger partial charge in [0.1, 0.15) is 4.90 Å². The van der Waals surface area contributed by atoms with E-state index in [0.29, 0.717) is 6.42 Å². The standard InChI is InChI=1S/C17H17N3O5S/c1-13-7-9-16(10-8-13)26(22,23)25-19-20(21)12-15-11-17(18-24-15)14-5-3-2-4-6-14/h2-10,15H,11-12H2,1H3/b20-19-. The molecule has 26 heavy (non-hydrogen) atoms. The molecule has 1 atom stereocenters. The number of hydroxylamine groups is 1. The van der Waals surface area contributed by atoms with E-state index in [4.69, 9.17) is 4.84 Å². The Hall–Kier alpha value is -2.94. The maximum atomic E-state index is 12.0. The monoisotopic (exact) mass is 375 g/mol. The minimum Gasteiger partial charge on any atom is -0.597 e. The maximum Gasteiger partial charge on any atom is 0.363 e. The van der Waals surface area contributed by atoms with Crippen molar-refractivity contribution in [2.24, 2.45) is 10.4 Å². The molecule has 0 aliphatic carbocycles. The fourth-order valence-electron chi connectivity index (χ4n) is 2.36. The predicted molar refractivity (Wildman–Crippen MR) is 92.8 cm³/mol. The topological polar surface area (TPSA) is 103 Å². The first kappa shape index (κ1) is 17.9. The fourth-order valence-corrected chi connectivity index (χ4v) is 3.08. The van der Waals surface area contributed by atoms with Crippen LogP contribution in [-0.2, 0) is 19.2 Å². The van der Waals surface area contributed by atoms with Crippen LogP contribution in [0.1, 0.15) is 17.5 Å². The SMILES string of the molecule is Cc1ccc(S(=O)(=O)O/N=[N+](\[O-])CC2CC(c3ccccc3)=NO2)cc1. The van der Waals surface area contributed by atoms with E-state index in [-0.39, 0.29) is 16.3 Å². The second-order valence-electron chi connectivity index (χ2n) is 5.79. The molecule has 136 valence electrons. The summed E-state index contributed by atoms with van der Waals surface area (Å²) in [5.74, 6) is 0. The quantitative estimate of drug-likeness (QED) is 0.439. The highest BCUT2D eigenvalue weighted by Crippen LogP contribution is 2.17. The molecular formula is C17H17N3O5S. The van der Waals surface area contributed by atoms with Crippen molar-refractivity contribution in [3.63, 3.8) is 0 Å². The number of nitrogens with zero attached hydrogens (tertiary/aromatic N) is 3. The molecule has 0 amide bonds. The third-order valence-corrected chi connectivity index (χ3v) is 4.84. The molecule has 0 bridgehead atoms. The zero-order valence-corrected chi connectivity index (χ0v) is 14.8. The van der Waals surface area contributed by atoms with Crippen LogP contribution < -0.4 is 0 Å². The van der Waals surface area contributed by atoms with Crippen molar-refractivity contribution in [2.45, 2.75) is 24.3 Å². The van der Waals surface area contributed by atoms with Crippen molar-refractivity contribution in [3.05, 3.63) is 70.9 Å². The Labute approximate surface area is 151 Å². The first-order valence-electron chi connectivity index (χ1n) is 7.88. The van der Waals surface area contributed by atoms with Gasteiger partial charge in [-0.05, 0) is 24.6 Å². The molecule has 9 heteroatoms. The Bertz CT molecular complexity index is 925. The zero-order chi connectivity index (χ0) is 18.6. The van der Waals surface area contributed by atoms with Gasteiger partial charge in [-0.25, -0.2) is 4.28 Å². The molecule has 1 heterocycles. The Kier molecular flexibility index (Phi) is 5.17. The summed E-state index contributed by atoms with van der Waals surface area (Å²) in [4.78, 5) is 5.26. The summed E-state index contributed by atoms with van der Waals surface area (Å²) in [6.07, 6.45) is -0.111. The average molecular weight is 375 g/mol. The number of hydrogen-bond acceptors (Lipinski definition) is 7. The average Bonchev–Trinajstić information content (AvgIpc) is 3.10. The second-order valence-corrected chi connectivity index (χ2v) is 7.32. The highest BCUT2D eigenvalue weighted by Gasteiger charge is 2.26. The van der Waals surface area contributed by atoms with Crippen molar-refractivity contribution >= 4 is 15.8 Å². The van der Waals surface area contributed by atoms with Gasteiger partial charge in [0, 0.05) is 6.42 Å². The van der Waals surface area contributed by atoms with E-state index in [2.05, 4.69) is 14.7 Å². The third kappa shape index (κ3) is 4.37. The fraction of sp³-hybridized carbons (Fsp3) is 0.235. The molecule has 1 aliphatic heterocycles. The number of hydrogen-bond donors (Lipinski definition) is 0. The summed E-state index contributed by atoms with van der Waals surface area (Å²) in [7, 11) is -4.14. The summed E-state index contributed by atoms with van der Waals surface area (Å²) >= 11 is 0. The lowest BCUT2D eigenvalue weighted by Crippen LogP contribution is -2.21. The summed E-state index contributed by atoms with van der Waals surface area (Å²) in [6.45, 7) is 1.62. The van der Waals surface area contributed by atoms with E-state index in [1.165, 1.54) is 12.1 Å². The summed E-state index contributed by atoms with van der Waals surface area (Å²) in [5, 5.41) is 18.9. The number of aryl methyl sites for hydroxylation is 1. The summed E-state index contributed by atoms with van der Waals surface area (Å²) in [6, 6.07) is 15.4. The van der Waals surface area contributed by atoms with E-state index in [0.717, 1.165) is 16.8 Å². The van der Waals surface area contributed by atoms with Crippen LogP contribution in [0.2, 0.25) is 0 Å². The molecule has 1 aliphatic rings. The molecule has 0 fully saturated rings. The highest BCUT2D eigenvalue weighted by molar-refractivity contribution is 7.86. The largest absolute Gasteiger partial charge is 0.597 e. The van der Waals surface area contributed by atoms with Crippen LogP contribution in [0, 0.1) is 12.1 Å². The Balaban J connectivity index is 1.57. The van der Waals surface area contributed by atoms with Crippen LogP contribution in [0.4, 0.5) is 0 Å². The predicted octanol–water partition coefficient (Wildman–Crippen LogP) is 2.77. The lowest BCUT2D eigenvalue weighted by molar-refractivity contribution is -0.559. The lowest BCUT2D eigenvalue weighted by Gasteiger charge is -2.06. The van der Waals surface area contributed by atoms with Gasteiger partial charge in [0.15, 0.2) is 6.10 Å².